The number of halogens is 2. The molecule has 2 heterocycles. The van der Waals surface area contributed by atoms with Crippen molar-refractivity contribution in [1.82, 2.24) is 15.1 Å². The molecular formula is C16H20ClFN4O. The molecule has 0 saturated carbocycles. The van der Waals surface area contributed by atoms with Gasteiger partial charge in [0.25, 0.3) is 0 Å². The standard InChI is InChI=1S/C16H19FN4O.ClH/c1-10-14(17)4-3-5-15(10)20-16(22)13-8-18-7-12(13)11-6-19-21(2)9-11;/h3-6,9,12-13,18H,7-8H2,1-2H3,(H,20,22);1H/t12-,13+;/m1./s1. The molecule has 1 fully saturated rings. The van der Waals surface area contributed by atoms with Gasteiger partial charge in [-0.1, -0.05) is 6.07 Å². The average molecular weight is 339 g/mol. The number of benzene rings is 1. The van der Waals surface area contributed by atoms with Gasteiger partial charge in [0, 0.05) is 43.5 Å². The number of anilines is 1. The largest absolute Gasteiger partial charge is 0.325 e. The molecule has 2 atom stereocenters. The van der Waals surface area contributed by atoms with Crippen LogP contribution in [0.25, 0.3) is 0 Å². The van der Waals surface area contributed by atoms with Crippen LogP contribution < -0.4 is 10.6 Å². The van der Waals surface area contributed by atoms with E-state index in [0.717, 1.165) is 12.1 Å². The maximum atomic E-state index is 13.6. The fourth-order valence-electron chi connectivity index (χ4n) is 2.90. The summed E-state index contributed by atoms with van der Waals surface area (Å²) >= 11 is 0. The molecule has 1 aromatic carbocycles. The molecule has 0 radical (unpaired) electrons. The molecule has 0 bridgehead atoms. The Balaban J connectivity index is 0.00000192. The molecule has 7 heteroatoms. The third-order valence-corrected chi connectivity index (χ3v) is 4.23. The van der Waals surface area contributed by atoms with Crippen LogP contribution in [0.3, 0.4) is 0 Å². The van der Waals surface area contributed by atoms with Gasteiger partial charge in [0.05, 0.1) is 12.1 Å². The zero-order valence-corrected chi connectivity index (χ0v) is 13.9. The van der Waals surface area contributed by atoms with E-state index in [0.29, 0.717) is 17.8 Å². The Labute approximate surface area is 140 Å². The highest BCUT2D eigenvalue weighted by Crippen LogP contribution is 2.29. The molecule has 1 saturated heterocycles. The lowest BCUT2D eigenvalue weighted by molar-refractivity contribution is -0.119. The van der Waals surface area contributed by atoms with Crippen LogP contribution in [-0.4, -0.2) is 28.8 Å². The monoisotopic (exact) mass is 338 g/mol. The van der Waals surface area contributed by atoms with Crippen molar-refractivity contribution in [2.75, 3.05) is 18.4 Å². The van der Waals surface area contributed by atoms with Gasteiger partial charge >= 0.3 is 0 Å². The van der Waals surface area contributed by atoms with Gasteiger partial charge in [-0.2, -0.15) is 5.10 Å². The Hall–Kier alpha value is -1.92. The average Bonchev–Trinajstić information content (AvgIpc) is 3.12. The SMILES string of the molecule is Cc1c(F)cccc1NC(=O)[C@H]1CNC[C@@H]1c1cnn(C)c1.Cl. The number of hydrogen-bond donors (Lipinski definition) is 2. The summed E-state index contributed by atoms with van der Waals surface area (Å²) < 4.78 is 15.3. The first-order valence-electron chi connectivity index (χ1n) is 7.31. The summed E-state index contributed by atoms with van der Waals surface area (Å²) in [5.74, 6) is -0.506. The minimum absolute atomic E-state index is 0. The van der Waals surface area contributed by atoms with E-state index in [1.54, 1.807) is 29.9 Å². The van der Waals surface area contributed by atoms with Crippen LogP contribution in [-0.2, 0) is 11.8 Å². The minimum Gasteiger partial charge on any atom is -0.325 e. The zero-order chi connectivity index (χ0) is 15.7. The number of nitrogens with one attached hydrogen (secondary N) is 2. The van der Waals surface area contributed by atoms with Crippen molar-refractivity contribution in [3.05, 3.63) is 47.5 Å². The van der Waals surface area contributed by atoms with Crippen molar-refractivity contribution >= 4 is 24.0 Å². The second-order valence-corrected chi connectivity index (χ2v) is 5.72. The van der Waals surface area contributed by atoms with Gasteiger partial charge in [0.2, 0.25) is 5.91 Å². The van der Waals surface area contributed by atoms with Gasteiger partial charge in [-0.3, -0.25) is 9.48 Å². The van der Waals surface area contributed by atoms with Crippen molar-refractivity contribution in [3.8, 4) is 0 Å². The lowest BCUT2D eigenvalue weighted by Gasteiger charge is -2.18. The van der Waals surface area contributed by atoms with Crippen molar-refractivity contribution in [2.45, 2.75) is 12.8 Å². The van der Waals surface area contributed by atoms with Crippen LogP contribution in [0.15, 0.2) is 30.6 Å². The lowest BCUT2D eigenvalue weighted by atomic mass is 9.90. The van der Waals surface area contributed by atoms with E-state index < -0.39 is 0 Å². The highest BCUT2D eigenvalue weighted by Gasteiger charge is 2.34. The van der Waals surface area contributed by atoms with Gasteiger partial charge in [0.15, 0.2) is 0 Å². The van der Waals surface area contributed by atoms with Crippen LogP contribution in [0.1, 0.15) is 17.0 Å². The number of carbonyl (C=O) groups is 1. The van der Waals surface area contributed by atoms with Crippen molar-refractivity contribution in [3.63, 3.8) is 0 Å². The van der Waals surface area contributed by atoms with Crippen LogP contribution in [0, 0.1) is 18.7 Å². The summed E-state index contributed by atoms with van der Waals surface area (Å²) in [6.07, 6.45) is 3.73. The van der Waals surface area contributed by atoms with Crippen molar-refractivity contribution in [2.24, 2.45) is 13.0 Å². The first kappa shape index (κ1) is 17.4. The summed E-state index contributed by atoms with van der Waals surface area (Å²) in [5, 5.41) is 10.3. The van der Waals surface area contributed by atoms with Crippen molar-refractivity contribution < 1.29 is 9.18 Å². The van der Waals surface area contributed by atoms with Gasteiger partial charge in [-0.15, -0.1) is 12.4 Å². The molecule has 1 aliphatic rings. The quantitative estimate of drug-likeness (QED) is 0.902. The number of nitrogens with zero attached hydrogens (tertiary/aromatic N) is 2. The molecular weight excluding hydrogens is 319 g/mol. The molecule has 1 amide bonds. The second-order valence-electron chi connectivity index (χ2n) is 5.72. The number of rotatable bonds is 3. The summed E-state index contributed by atoms with van der Waals surface area (Å²) in [5.41, 5.74) is 2.03. The molecule has 1 aliphatic heterocycles. The normalized spacial score (nSPS) is 20.1. The summed E-state index contributed by atoms with van der Waals surface area (Å²) in [6.45, 7) is 3.02. The molecule has 2 N–H and O–H groups in total. The number of carbonyl (C=O) groups excluding carboxylic acids is 1. The van der Waals surface area contributed by atoms with Gasteiger partial charge in [-0.05, 0) is 24.6 Å². The Morgan fingerprint density at radius 1 is 1.43 bits per heavy atom. The van der Waals surface area contributed by atoms with Gasteiger partial charge < -0.3 is 10.6 Å². The van der Waals surface area contributed by atoms with Gasteiger partial charge in [-0.25, -0.2) is 4.39 Å². The molecule has 0 spiro atoms. The highest BCUT2D eigenvalue weighted by molar-refractivity contribution is 5.94. The smallest absolute Gasteiger partial charge is 0.229 e. The first-order chi connectivity index (χ1) is 10.6. The molecule has 23 heavy (non-hydrogen) atoms. The fourth-order valence-corrected chi connectivity index (χ4v) is 2.90. The molecule has 0 aliphatic carbocycles. The van der Waals surface area contributed by atoms with E-state index in [4.69, 9.17) is 0 Å². The topological polar surface area (TPSA) is 59.0 Å². The number of aromatic nitrogens is 2. The third-order valence-electron chi connectivity index (χ3n) is 4.23. The predicted octanol–water partition coefficient (Wildman–Crippen LogP) is 2.23. The number of amides is 1. The van der Waals surface area contributed by atoms with Crippen LogP contribution in [0.2, 0.25) is 0 Å². The minimum atomic E-state index is -0.314. The van der Waals surface area contributed by atoms with Gasteiger partial charge in [0.1, 0.15) is 5.82 Å². The van der Waals surface area contributed by atoms with E-state index in [1.165, 1.54) is 6.07 Å². The van der Waals surface area contributed by atoms with Crippen LogP contribution in [0.5, 0.6) is 0 Å². The summed E-state index contributed by atoms with van der Waals surface area (Å²) in [7, 11) is 1.86. The maximum Gasteiger partial charge on any atom is 0.229 e. The van der Waals surface area contributed by atoms with E-state index >= 15 is 0 Å². The first-order valence-corrected chi connectivity index (χ1v) is 7.31. The number of hydrogen-bond acceptors (Lipinski definition) is 3. The Morgan fingerprint density at radius 3 is 2.91 bits per heavy atom. The number of aryl methyl sites for hydroxylation is 1. The highest BCUT2D eigenvalue weighted by atomic mass is 35.5. The molecule has 1 aromatic heterocycles. The Bertz CT molecular complexity index is 703. The lowest BCUT2D eigenvalue weighted by Crippen LogP contribution is -2.28. The van der Waals surface area contributed by atoms with Crippen LogP contribution in [0.4, 0.5) is 10.1 Å². The zero-order valence-electron chi connectivity index (χ0n) is 13.0. The molecule has 2 aromatic rings. The molecule has 3 rings (SSSR count). The van der Waals surface area contributed by atoms with E-state index in [2.05, 4.69) is 15.7 Å². The maximum absolute atomic E-state index is 13.6. The van der Waals surface area contributed by atoms with E-state index in [-0.39, 0.29) is 36.0 Å². The molecule has 5 nitrogen and oxygen atoms in total. The Morgan fingerprint density at radius 2 is 2.22 bits per heavy atom. The van der Waals surface area contributed by atoms with E-state index in [9.17, 15) is 9.18 Å². The third kappa shape index (κ3) is 3.54. The molecule has 0 unspecified atom stereocenters. The Kier molecular flexibility index (Phi) is 5.38. The molecule has 124 valence electrons. The predicted molar refractivity (Wildman–Crippen MR) is 89.3 cm³/mol. The van der Waals surface area contributed by atoms with Crippen LogP contribution >= 0.6 is 12.4 Å². The summed E-state index contributed by atoms with van der Waals surface area (Å²) in [4.78, 5) is 12.6. The summed E-state index contributed by atoms with van der Waals surface area (Å²) in [6, 6.07) is 4.71. The van der Waals surface area contributed by atoms with E-state index in [1.807, 2.05) is 13.2 Å². The fraction of sp³-hybridized carbons (Fsp3) is 0.375. The second kappa shape index (κ2) is 7.10. The van der Waals surface area contributed by atoms with Crippen molar-refractivity contribution in [1.29, 1.82) is 0 Å².